The van der Waals surface area contributed by atoms with E-state index >= 15 is 0 Å². The molecule has 35 heavy (non-hydrogen) atoms. The van der Waals surface area contributed by atoms with Gasteiger partial charge in [0.2, 0.25) is 0 Å². The number of allylic oxidation sites excluding steroid dienone is 2. The summed E-state index contributed by atoms with van der Waals surface area (Å²) in [6.07, 6.45) is 5.36. The lowest BCUT2D eigenvalue weighted by atomic mass is 10.0. The molecule has 2 aromatic carbocycles. The highest BCUT2D eigenvalue weighted by Gasteiger charge is 2.12. The van der Waals surface area contributed by atoms with Gasteiger partial charge in [-0.25, -0.2) is 9.37 Å². The Hall–Kier alpha value is -4.28. The van der Waals surface area contributed by atoms with Gasteiger partial charge in [0, 0.05) is 52.3 Å². The van der Waals surface area contributed by atoms with E-state index in [1.54, 1.807) is 37.4 Å². The van der Waals surface area contributed by atoms with Crippen LogP contribution in [-0.2, 0) is 17.8 Å². The van der Waals surface area contributed by atoms with Crippen molar-refractivity contribution in [3.63, 3.8) is 0 Å². The number of nitrogens with one attached hydrogen (secondary N) is 2. The van der Waals surface area contributed by atoms with Crippen LogP contribution < -0.4 is 5.32 Å². The number of carbonyl (C=O) groups is 1. The van der Waals surface area contributed by atoms with Gasteiger partial charge in [0.05, 0.1) is 10.5 Å². The van der Waals surface area contributed by atoms with E-state index in [9.17, 15) is 9.18 Å². The Bertz CT molecular complexity index is 1560. The van der Waals surface area contributed by atoms with Gasteiger partial charge in [-0.1, -0.05) is 23.7 Å². The van der Waals surface area contributed by atoms with Crippen molar-refractivity contribution >= 4 is 46.0 Å². The number of halogens is 2. The number of benzene rings is 2. The molecule has 8 heteroatoms. The lowest BCUT2D eigenvalue weighted by Crippen LogP contribution is -2.24. The molecule has 6 nitrogen and oxygen atoms in total. The van der Waals surface area contributed by atoms with E-state index in [1.165, 1.54) is 6.07 Å². The highest BCUT2D eigenvalue weighted by Crippen LogP contribution is 2.26. The Morgan fingerprint density at radius 2 is 2.14 bits per heavy atom. The van der Waals surface area contributed by atoms with E-state index in [-0.39, 0.29) is 12.5 Å². The van der Waals surface area contributed by atoms with E-state index in [1.807, 2.05) is 30.3 Å². The van der Waals surface area contributed by atoms with Gasteiger partial charge < -0.3 is 10.3 Å². The summed E-state index contributed by atoms with van der Waals surface area (Å²) in [5.41, 5.74) is 3.95. The molecule has 174 valence electrons. The van der Waals surface area contributed by atoms with Crippen LogP contribution in [0.1, 0.15) is 23.7 Å². The summed E-state index contributed by atoms with van der Waals surface area (Å²) in [5, 5.41) is 13.8. The molecule has 0 bridgehead atoms. The van der Waals surface area contributed by atoms with Crippen LogP contribution in [0.4, 0.5) is 4.39 Å². The number of hydrogen-bond acceptors (Lipinski definition) is 4. The number of aromatic nitrogens is 2. The molecule has 0 fully saturated rings. The largest absolute Gasteiger partial charge is 0.360 e. The summed E-state index contributed by atoms with van der Waals surface area (Å²) in [4.78, 5) is 24.1. The fourth-order valence-electron chi connectivity index (χ4n) is 3.74. The van der Waals surface area contributed by atoms with Crippen LogP contribution in [0.15, 0.2) is 77.1 Å². The normalized spacial score (nSPS) is 12.1. The first-order valence-electron chi connectivity index (χ1n) is 10.8. The quantitative estimate of drug-likeness (QED) is 0.198. The first-order valence-corrected chi connectivity index (χ1v) is 11.2. The molecule has 2 N–H and O–H groups in total. The first-order chi connectivity index (χ1) is 16.9. The second-order valence-corrected chi connectivity index (χ2v) is 8.27. The average Bonchev–Trinajstić information content (AvgIpc) is 3.23. The van der Waals surface area contributed by atoms with Crippen molar-refractivity contribution in [2.24, 2.45) is 4.99 Å². The monoisotopic (exact) mass is 485 g/mol. The second-order valence-electron chi connectivity index (χ2n) is 7.86. The summed E-state index contributed by atoms with van der Waals surface area (Å²) in [6.45, 7) is 5.38. The van der Waals surface area contributed by atoms with Crippen molar-refractivity contribution in [2.45, 2.75) is 19.9 Å². The Balaban J connectivity index is 1.48. The van der Waals surface area contributed by atoms with Crippen LogP contribution >= 0.6 is 11.6 Å². The Kier molecular flexibility index (Phi) is 7.04. The van der Waals surface area contributed by atoms with Gasteiger partial charge in [-0.15, -0.1) is 0 Å². The number of H-pyrrole nitrogens is 1. The first kappa shape index (κ1) is 23.9. The van der Waals surface area contributed by atoms with Crippen molar-refractivity contribution in [1.82, 2.24) is 15.3 Å². The number of nitrogens with zero attached hydrogens (tertiary/aromatic N) is 3. The van der Waals surface area contributed by atoms with Crippen molar-refractivity contribution in [1.29, 1.82) is 5.26 Å². The fraction of sp³-hybridized carbons (Fsp3) is 0.111. The Labute approximate surface area is 206 Å². The molecule has 4 rings (SSSR count). The van der Waals surface area contributed by atoms with Crippen molar-refractivity contribution in [2.75, 3.05) is 0 Å². The van der Waals surface area contributed by atoms with Crippen molar-refractivity contribution < 1.29 is 9.18 Å². The summed E-state index contributed by atoms with van der Waals surface area (Å²) in [7, 11) is 0. The molecular weight excluding hydrogens is 465 g/mol. The third-order valence-corrected chi connectivity index (χ3v) is 5.90. The van der Waals surface area contributed by atoms with Gasteiger partial charge in [0.1, 0.15) is 17.6 Å². The molecule has 2 heterocycles. The molecule has 4 aromatic rings. The minimum atomic E-state index is -0.435. The maximum absolute atomic E-state index is 14.4. The van der Waals surface area contributed by atoms with E-state index in [4.69, 9.17) is 16.9 Å². The molecular formula is C27H21ClFN5O. The summed E-state index contributed by atoms with van der Waals surface area (Å²) in [5.74, 6) is -0.796. The lowest BCUT2D eigenvalue weighted by molar-refractivity contribution is -0.117. The average molecular weight is 486 g/mol. The van der Waals surface area contributed by atoms with E-state index in [0.29, 0.717) is 44.9 Å². The molecule has 0 aliphatic heterocycles. The molecule has 0 aliphatic carbocycles. The topological polar surface area (TPSA) is 93.9 Å². The van der Waals surface area contributed by atoms with Gasteiger partial charge in [0.25, 0.3) is 5.91 Å². The molecule has 0 saturated heterocycles. The minimum Gasteiger partial charge on any atom is -0.360 e. The molecule has 0 atom stereocenters. The number of nitriles is 1. The predicted molar refractivity (Wildman–Crippen MR) is 137 cm³/mol. The number of pyridine rings is 1. The predicted octanol–water partition coefficient (Wildman–Crippen LogP) is 5.77. The highest BCUT2D eigenvalue weighted by molar-refractivity contribution is 6.35. The van der Waals surface area contributed by atoms with Crippen LogP contribution in [-0.4, -0.2) is 22.6 Å². The van der Waals surface area contributed by atoms with Crippen LogP contribution in [0.3, 0.4) is 0 Å². The molecule has 2 aromatic heterocycles. The van der Waals surface area contributed by atoms with Gasteiger partial charge in [-0.2, -0.15) is 5.26 Å². The lowest BCUT2D eigenvalue weighted by Gasteiger charge is -2.09. The summed E-state index contributed by atoms with van der Waals surface area (Å²) >= 11 is 6.13. The highest BCUT2D eigenvalue weighted by atomic mass is 35.5. The number of amides is 1. The second kappa shape index (κ2) is 10.3. The fourth-order valence-corrected chi connectivity index (χ4v) is 3.95. The van der Waals surface area contributed by atoms with E-state index in [0.717, 1.165) is 16.5 Å². The SMILES string of the molecule is C=N/C(=C\C(=C/C)C(=O)NCc1cc2c(Cl)c[nH]c2cc1F)Cc1ccc2nc(C#N)ccc2c1. The number of rotatable bonds is 7. The minimum absolute atomic E-state index is 0.00646. The maximum Gasteiger partial charge on any atom is 0.251 e. The summed E-state index contributed by atoms with van der Waals surface area (Å²) in [6, 6.07) is 14.2. The number of aromatic amines is 1. The zero-order chi connectivity index (χ0) is 24.9. The number of aliphatic imine (C=N–C) groups is 1. The summed E-state index contributed by atoms with van der Waals surface area (Å²) < 4.78 is 14.4. The van der Waals surface area contributed by atoms with E-state index < -0.39 is 5.82 Å². The molecule has 1 amide bonds. The van der Waals surface area contributed by atoms with Gasteiger partial charge in [-0.3, -0.25) is 9.79 Å². The van der Waals surface area contributed by atoms with Gasteiger partial charge in [0.15, 0.2) is 0 Å². The maximum atomic E-state index is 14.4. The Morgan fingerprint density at radius 1 is 1.31 bits per heavy atom. The number of carbonyl (C=O) groups excluding carboxylic acids is 1. The smallest absolute Gasteiger partial charge is 0.251 e. The number of hydrogen-bond donors (Lipinski definition) is 2. The van der Waals surface area contributed by atoms with Crippen molar-refractivity contribution in [3.05, 3.63) is 99.7 Å². The Morgan fingerprint density at radius 3 is 2.89 bits per heavy atom. The number of fused-ring (bicyclic) bond motifs is 2. The third-order valence-electron chi connectivity index (χ3n) is 5.59. The third kappa shape index (κ3) is 5.29. The zero-order valence-electron chi connectivity index (χ0n) is 18.9. The zero-order valence-corrected chi connectivity index (χ0v) is 19.7. The molecule has 0 saturated carbocycles. The standard InChI is InChI=1S/C27H21ClFN5O/c1-3-17(27(35)33-14-19-11-22-23(28)15-32-26(22)12-24(19)29)10-21(31-2)9-16-4-7-25-18(8-16)5-6-20(13-30)34-25/h3-8,10-12,15,32H,2,9,14H2,1H3,(H,33,35)/b17-3+,21-10-. The van der Waals surface area contributed by atoms with Crippen LogP contribution in [0.2, 0.25) is 5.02 Å². The van der Waals surface area contributed by atoms with Gasteiger partial charge in [-0.05, 0) is 61.7 Å². The molecule has 0 unspecified atom stereocenters. The van der Waals surface area contributed by atoms with Crippen molar-refractivity contribution in [3.8, 4) is 6.07 Å². The van der Waals surface area contributed by atoms with Crippen LogP contribution in [0.25, 0.3) is 21.8 Å². The molecule has 0 aliphatic rings. The molecule has 0 spiro atoms. The molecule has 0 radical (unpaired) electrons. The van der Waals surface area contributed by atoms with Crippen LogP contribution in [0, 0.1) is 17.1 Å². The van der Waals surface area contributed by atoms with E-state index in [2.05, 4.69) is 27.0 Å². The van der Waals surface area contributed by atoms with Gasteiger partial charge >= 0.3 is 0 Å². The van der Waals surface area contributed by atoms with Crippen LogP contribution in [0.5, 0.6) is 0 Å².